The lowest BCUT2D eigenvalue weighted by molar-refractivity contribution is -0.123. The van der Waals surface area contributed by atoms with Crippen molar-refractivity contribution in [1.82, 2.24) is 10.2 Å². The third-order valence-corrected chi connectivity index (χ3v) is 4.22. The zero-order valence-corrected chi connectivity index (χ0v) is 16.3. The third kappa shape index (κ3) is 6.24. The quantitative estimate of drug-likeness (QED) is 0.721. The third-order valence-electron chi connectivity index (χ3n) is 3.72. The Balaban J connectivity index is 1.78. The Labute approximate surface area is 160 Å². The number of halogens is 2. The minimum atomic E-state index is -0.356. The van der Waals surface area contributed by atoms with E-state index in [-0.39, 0.29) is 37.3 Å². The van der Waals surface area contributed by atoms with Crippen molar-refractivity contribution in [1.29, 1.82) is 0 Å². The van der Waals surface area contributed by atoms with E-state index < -0.39 is 0 Å². The maximum Gasteiger partial charge on any atom is 0.238 e. The number of nitrogens with zero attached hydrogens (tertiary/aromatic N) is 1. The fraction of sp³-hybridized carbons (Fsp3) is 0.263. The molecule has 0 aliphatic heterocycles. The monoisotopic (exact) mass is 421 g/mol. The van der Waals surface area contributed by atoms with Crippen molar-refractivity contribution in [2.75, 3.05) is 25.5 Å². The number of nitrogens with one attached hydrogen (secondary N) is 2. The normalized spacial score (nSPS) is 10.7. The van der Waals surface area contributed by atoms with Crippen molar-refractivity contribution >= 4 is 33.4 Å². The summed E-state index contributed by atoms with van der Waals surface area (Å²) < 4.78 is 14.5. The van der Waals surface area contributed by atoms with Crippen LogP contribution in [0.25, 0.3) is 0 Å². The molecule has 0 saturated heterocycles. The van der Waals surface area contributed by atoms with Crippen molar-refractivity contribution in [3.63, 3.8) is 0 Å². The standard InChI is InChI=1S/C19H21BrFN3O2/c1-13-9-15(20)7-8-17(13)23-19(26)12-24(2)11-18(25)22-10-14-5-3-4-6-16(14)21/h3-9H,10-12H2,1-2H3,(H,22,25)(H,23,26). The van der Waals surface area contributed by atoms with Gasteiger partial charge in [-0.15, -0.1) is 0 Å². The Morgan fingerprint density at radius 1 is 1.12 bits per heavy atom. The number of rotatable bonds is 7. The zero-order valence-electron chi connectivity index (χ0n) is 14.7. The van der Waals surface area contributed by atoms with Crippen LogP contribution in [0.5, 0.6) is 0 Å². The van der Waals surface area contributed by atoms with Crippen LogP contribution in [0.15, 0.2) is 46.9 Å². The predicted octanol–water partition coefficient (Wildman–Crippen LogP) is 3.08. The van der Waals surface area contributed by atoms with Gasteiger partial charge in [-0.1, -0.05) is 34.1 Å². The van der Waals surface area contributed by atoms with Gasteiger partial charge in [-0.05, 0) is 43.8 Å². The Kier molecular flexibility index (Phi) is 7.29. The first-order valence-corrected chi connectivity index (χ1v) is 8.89. The molecule has 0 aliphatic rings. The summed E-state index contributed by atoms with van der Waals surface area (Å²) in [6.45, 7) is 2.13. The summed E-state index contributed by atoms with van der Waals surface area (Å²) in [5, 5.41) is 5.48. The zero-order chi connectivity index (χ0) is 19.1. The van der Waals surface area contributed by atoms with Gasteiger partial charge in [0.2, 0.25) is 11.8 Å². The second-order valence-corrected chi connectivity index (χ2v) is 6.96. The molecular formula is C19H21BrFN3O2. The van der Waals surface area contributed by atoms with Crippen LogP contribution in [0.4, 0.5) is 10.1 Å². The summed E-state index contributed by atoms with van der Waals surface area (Å²) in [4.78, 5) is 25.7. The first-order chi connectivity index (χ1) is 12.3. The van der Waals surface area contributed by atoms with Gasteiger partial charge in [0, 0.05) is 22.3 Å². The number of hydrogen-bond acceptors (Lipinski definition) is 3. The maximum atomic E-state index is 13.5. The first-order valence-electron chi connectivity index (χ1n) is 8.10. The summed E-state index contributed by atoms with van der Waals surface area (Å²) in [5.74, 6) is -0.839. The van der Waals surface area contributed by atoms with Crippen molar-refractivity contribution in [2.24, 2.45) is 0 Å². The number of aryl methyl sites for hydroxylation is 1. The summed E-state index contributed by atoms with van der Waals surface area (Å²) in [7, 11) is 1.68. The minimum Gasteiger partial charge on any atom is -0.351 e. The highest BCUT2D eigenvalue weighted by Crippen LogP contribution is 2.19. The van der Waals surface area contributed by atoms with Crippen LogP contribution < -0.4 is 10.6 Å². The number of likely N-dealkylation sites (N-methyl/N-ethyl adjacent to an activating group) is 1. The molecule has 26 heavy (non-hydrogen) atoms. The van der Waals surface area contributed by atoms with Gasteiger partial charge in [0.15, 0.2) is 0 Å². The number of benzene rings is 2. The molecule has 7 heteroatoms. The summed E-state index contributed by atoms with van der Waals surface area (Å²) in [6, 6.07) is 11.9. The first kappa shape index (κ1) is 20.1. The van der Waals surface area contributed by atoms with E-state index in [0.717, 1.165) is 15.7 Å². The molecule has 0 unspecified atom stereocenters. The predicted molar refractivity (Wildman–Crippen MR) is 103 cm³/mol. The molecule has 2 rings (SSSR count). The second-order valence-electron chi connectivity index (χ2n) is 6.05. The molecule has 0 heterocycles. The Hall–Kier alpha value is -2.25. The molecule has 0 spiro atoms. The van der Waals surface area contributed by atoms with Gasteiger partial charge in [-0.25, -0.2) is 4.39 Å². The average Bonchev–Trinajstić information content (AvgIpc) is 2.56. The van der Waals surface area contributed by atoms with Crippen LogP contribution in [0.2, 0.25) is 0 Å². The lowest BCUT2D eigenvalue weighted by Gasteiger charge is -2.17. The lowest BCUT2D eigenvalue weighted by atomic mass is 10.2. The van der Waals surface area contributed by atoms with Crippen LogP contribution in [0.3, 0.4) is 0 Å². The van der Waals surface area contributed by atoms with Crippen LogP contribution in [-0.4, -0.2) is 36.9 Å². The van der Waals surface area contributed by atoms with Crippen LogP contribution in [0.1, 0.15) is 11.1 Å². The van der Waals surface area contributed by atoms with E-state index in [1.807, 2.05) is 25.1 Å². The van der Waals surface area contributed by atoms with Crippen LogP contribution in [0, 0.1) is 12.7 Å². The number of anilines is 1. The van der Waals surface area contributed by atoms with E-state index in [1.165, 1.54) is 6.07 Å². The molecule has 5 nitrogen and oxygen atoms in total. The van der Waals surface area contributed by atoms with E-state index in [2.05, 4.69) is 26.6 Å². The highest BCUT2D eigenvalue weighted by atomic mass is 79.9. The van der Waals surface area contributed by atoms with Crippen molar-refractivity contribution in [3.05, 3.63) is 63.9 Å². The fourth-order valence-corrected chi connectivity index (χ4v) is 2.87. The van der Waals surface area contributed by atoms with E-state index in [4.69, 9.17) is 0 Å². The van der Waals surface area contributed by atoms with E-state index in [0.29, 0.717) is 5.56 Å². The van der Waals surface area contributed by atoms with E-state index in [1.54, 1.807) is 30.1 Å². The largest absolute Gasteiger partial charge is 0.351 e. The summed E-state index contributed by atoms with van der Waals surface area (Å²) >= 11 is 3.38. The molecule has 0 radical (unpaired) electrons. The fourth-order valence-electron chi connectivity index (χ4n) is 2.39. The molecule has 0 aromatic heterocycles. The van der Waals surface area contributed by atoms with Gasteiger partial charge in [0.1, 0.15) is 5.82 Å². The van der Waals surface area contributed by atoms with Gasteiger partial charge >= 0.3 is 0 Å². The Morgan fingerprint density at radius 3 is 2.50 bits per heavy atom. The molecule has 2 N–H and O–H groups in total. The smallest absolute Gasteiger partial charge is 0.238 e. The highest BCUT2D eigenvalue weighted by molar-refractivity contribution is 9.10. The van der Waals surface area contributed by atoms with Gasteiger partial charge in [-0.2, -0.15) is 0 Å². The molecule has 2 aromatic rings. The van der Waals surface area contributed by atoms with Gasteiger partial charge < -0.3 is 10.6 Å². The highest BCUT2D eigenvalue weighted by Gasteiger charge is 2.12. The molecule has 0 saturated carbocycles. The van der Waals surface area contributed by atoms with Gasteiger partial charge in [0.05, 0.1) is 13.1 Å². The topological polar surface area (TPSA) is 61.4 Å². The molecule has 2 aromatic carbocycles. The average molecular weight is 422 g/mol. The molecule has 0 fully saturated rings. The van der Waals surface area contributed by atoms with Crippen molar-refractivity contribution in [3.8, 4) is 0 Å². The number of carbonyl (C=O) groups excluding carboxylic acids is 2. The number of carbonyl (C=O) groups is 2. The molecule has 2 amide bonds. The van der Waals surface area contributed by atoms with E-state index >= 15 is 0 Å². The molecule has 0 aliphatic carbocycles. The molecule has 0 bridgehead atoms. The number of amides is 2. The van der Waals surface area contributed by atoms with Crippen LogP contribution in [-0.2, 0) is 16.1 Å². The van der Waals surface area contributed by atoms with Gasteiger partial charge in [0.25, 0.3) is 0 Å². The minimum absolute atomic E-state index is 0.0428. The van der Waals surface area contributed by atoms with Gasteiger partial charge in [-0.3, -0.25) is 14.5 Å². The molecule has 0 atom stereocenters. The SMILES string of the molecule is Cc1cc(Br)ccc1NC(=O)CN(C)CC(=O)NCc1ccccc1F. The summed E-state index contributed by atoms with van der Waals surface area (Å²) in [5.41, 5.74) is 2.10. The van der Waals surface area contributed by atoms with Crippen LogP contribution >= 0.6 is 15.9 Å². The number of hydrogen-bond donors (Lipinski definition) is 2. The second kappa shape index (κ2) is 9.45. The molecular weight excluding hydrogens is 401 g/mol. The Bertz CT molecular complexity index is 798. The Morgan fingerprint density at radius 2 is 1.81 bits per heavy atom. The molecule has 138 valence electrons. The van der Waals surface area contributed by atoms with Crippen molar-refractivity contribution < 1.29 is 14.0 Å². The van der Waals surface area contributed by atoms with E-state index in [9.17, 15) is 14.0 Å². The van der Waals surface area contributed by atoms with Crippen molar-refractivity contribution in [2.45, 2.75) is 13.5 Å². The summed E-state index contributed by atoms with van der Waals surface area (Å²) in [6.07, 6.45) is 0. The lowest BCUT2D eigenvalue weighted by Crippen LogP contribution is -2.38. The maximum absolute atomic E-state index is 13.5.